The first-order valence-electron chi connectivity index (χ1n) is 7.52. The smallest absolute Gasteiger partial charge is 0.323 e. The molecule has 0 spiro atoms. The van der Waals surface area contributed by atoms with Crippen molar-refractivity contribution < 1.29 is 4.74 Å². The first-order valence-corrected chi connectivity index (χ1v) is 7.52. The number of ether oxygens (including phenoxy) is 1. The van der Waals surface area contributed by atoms with Crippen LogP contribution in [0.3, 0.4) is 0 Å². The molecule has 0 saturated carbocycles. The maximum Gasteiger partial charge on any atom is 0.323 e. The minimum atomic E-state index is 0.320. The summed E-state index contributed by atoms with van der Waals surface area (Å²) >= 11 is 0. The molecule has 1 atom stereocenters. The number of piperazine rings is 1. The molecular weight excluding hydrogens is 270 g/mol. The Morgan fingerprint density at radius 1 is 1.29 bits per heavy atom. The third-order valence-electron chi connectivity index (χ3n) is 3.62. The van der Waals surface area contributed by atoms with Crippen molar-refractivity contribution in [1.29, 1.82) is 0 Å². The summed E-state index contributed by atoms with van der Waals surface area (Å²) in [5, 5.41) is 0. The molecule has 0 aliphatic carbocycles. The summed E-state index contributed by atoms with van der Waals surface area (Å²) in [7, 11) is 0. The molecule has 1 saturated heterocycles. The first kappa shape index (κ1) is 15.7. The van der Waals surface area contributed by atoms with Crippen LogP contribution >= 0.6 is 0 Å². The van der Waals surface area contributed by atoms with Crippen LogP contribution in [-0.4, -0.2) is 58.7 Å². The van der Waals surface area contributed by atoms with Gasteiger partial charge in [-0.15, -0.1) is 0 Å². The van der Waals surface area contributed by atoms with E-state index >= 15 is 0 Å². The molecular formula is C13H25N7O. The van der Waals surface area contributed by atoms with Crippen molar-refractivity contribution in [1.82, 2.24) is 19.9 Å². The molecule has 8 heteroatoms. The van der Waals surface area contributed by atoms with Gasteiger partial charge < -0.3 is 9.64 Å². The van der Waals surface area contributed by atoms with Gasteiger partial charge in [0.2, 0.25) is 11.9 Å². The van der Waals surface area contributed by atoms with Crippen molar-refractivity contribution in [2.24, 2.45) is 5.84 Å². The summed E-state index contributed by atoms with van der Waals surface area (Å²) in [6.07, 6.45) is 0.901. The third-order valence-corrected chi connectivity index (χ3v) is 3.62. The predicted octanol–water partition coefficient (Wildman–Crippen LogP) is 0.476. The summed E-state index contributed by atoms with van der Waals surface area (Å²) in [6, 6.07) is 0.787. The molecule has 3 N–H and O–H groups in total. The maximum absolute atomic E-state index is 5.50. The fourth-order valence-electron chi connectivity index (χ4n) is 2.46. The highest BCUT2D eigenvalue weighted by Gasteiger charge is 2.25. The van der Waals surface area contributed by atoms with E-state index in [9.17, 15) is 0 Å². The summed E-state index contributed by atoms with van der Waals surface area (Å²) in [4.78, 5) is 17.4. The standard InChI is InChI=1S/C13H25N7O/c1-4-8-21-13-16-11(18-14)15-12(17-13)20-7-6-19(5-2)10(3)9-20/h10H,4-9,14H2,1-3H3,(H,15,16,17,18). The van der Waals surface area contributed by atoms with Crippen molar-refractivity contribution in [3.8, 4) is 6.01 Å². The summed E-state index contributed by atoms with van der Waals surface area (Å²) in [6.45, 7) is 10.8. The van der Waals surface area contributed by atoms with E-state index in [0.29, 0.717) is 30.6 Å². The molecule has 2 heterocycles. The van der Waals surface area contributed by atoms with E-state index in [0.717, 1.165) is 32.6 Å². The Kier molecular flexibility index (Phi) is 5.51. The lowest BCUT2D eigenvalue weighted by Gasteiger charge is -2.39. The maximum atomic E-state index is 5.50. The predicted molar refractivity (Wildman–Crippen MR) is 82.3 cm³/mol. The topological polar surface area (TPSA) is 92.4 Å². The van der Waals surface area contributed by atoms with E-state index in [1.807, 2.05) is 6.92 Å². The number of likely N-dealkylation sites (N-methyl/N-ethyl adjacent to an activating group) is 1. The van der Waals surface area contributed by atoms with Crippen molar-refractivity contribution in [2.75, 3.05) is 43.1 Å². The van der Waals surface area contributed by atoms with Gasteiger partial charge >= 0.3 is 6.01 Å². The van der Waals surface area contributed by atoms with Crippen molar-refractivity contribution in [3.05, 3.63) is 0 Å². The number of nitrogens with two attached hydrogens (primary N) is 1. The fourth-order valence-corrected chi connectivity index (χ4v) is 2.46. The van der Waals surface area contributed by atoms with Gasteiger partial charge in [-0.1, -0.05) is 13.8 Å². The molecule has 1 aliphatic rings. The zero-order valence-corrected chi connectivity index (χ0v) is 13.0. The van der Waals surface area contributed by atoms with Crippen LogP contribution in [0.5, 0.6) is 6.01 Å². The Labute approximate surface area is 125 Å². The Hall–Kier alpha value is -1.67. The summed E-state index contributed by atoms with van der Waals surface area (Å²) in [5.41, 5.74) is 2.48. The monoisotopic (exact) mass is 295 g/mol. The second-order valence-corrected chi connectivity index (χ2v) is 5.16. The van der Waals surface area contributed by atoms with Gasteiger partial charge in [0, 0.05) is 25.7 Å². The van der Waals surface area contributed by atoms with Crippen LogP contribution in [0.15, 0.2) is 0 Å². The molecule has 21 heavy (non-hydrogen) atoms. The Balaban J connectivity index is 2.14. The molecule has 1 unspecified atom stereocenters. The van der Waals surface area contributed by atoms with E-state index in [1.165, 1.54) is 0 Å². The molecule has 0 aromatic carbocycles. The lowest BCUT2D eigenvalue weighted by Crippen LogP contribution is -2.52. The number of hydrogen-bond donors (Lipinski definition) is 2. The first-order chi connectivity index (χ1) is 10.2. The molecule has 118 valence electrons. The normalized spacial score (nSPS) is 19.6. The summed E-state index contributed by atoms with van der Waals surface area (Å²) < 4.78 is 5.50. The van der Waals surface area contributed by atoms with E-state index in [-0.39, 0.29) is 0 Å². The SMILES string of the molecule is CCCOc1nc(NN)nc(N2CCN(CC)C(C)C2)n1. The lowest BCUT2D eigenvalue weighted by molar-refractivity contribution is 0.198. The quantitative estimate of drug-likeness (QED) is 0.578. The largest absolute Gasteiger partial charge is 0.463 e. The Morgan fingerprint density at radius 2 is 2.10 bits per heavy atom. The van der Waals surface area contributed by atoms with E-state index in [1.54, 1.807) is 0 Å². The van der Waals surface area contributed by atoms with Crippen LogP contribution in [0.1, 0.15) is 27.2 Å². The zero-order chi connectivity index (χ0) is 15.2. The lowest BCUT2D eigenvalue weighted by atomic mass is 10.2. The van der Waals surface area contributed by atoms with Crippen molar-refractivity contribution in [2.45, 2.75) is 33.2 Å². The van der Waals surface area contributed by atoms with Gasteiger partial charge in [0.05, 0.1) is 6.61 Å². The second-order valence-electron chi connectivity index (χ2n) is 5.16. The van der Waals surface area contributed by atoms with Gasteiger partial charge in [-0.25, -0.2) is 5.84 Å². The number of rotatable bonds is 6. The number of nitrogen functional groups attached to an aromatic ring is 1. The van der Waals surface area contributed by atoms with Gasteiger partial charge in [-0.05, 0) is 19.9 Å². The molecule has 8 nitrogen and oxygen atoms in total. The summed E-state index contributed by atoms with van der Waals surface area (Å²) in [5.74, 6) is 6.38. The molecule has 0 radical (unpaired) electrons. The van der Waals surface area contributed by atoms with Gasteiger partial charge in [-0.2, -0.15) is 15.0 Å². The van der Waals surface area contributed by atoms with Gasteiger partial charge in [-0.3, -0.25) is 10.3 Å². The number of hydrogen-bond acceptors (Lipinski definition) is 8. The highest BCUT2D eigenvalue weighted by molar-refractivity contribution is 5.38. The molecule has 0 bridgehead atoms. The van der Waals surface area contributed by atoms with Crippen LogP contribution in [0.4, 0.5) is 11.9 Å². The minimum absolute atomic E-state index is 0.320. The van der Waals surface area contributed by atoms with Crippen LogP contribution in [0, 0.1) is 0 Å². The third kappa shape index (κ3) is 3.92. The highest BCUT2D eigenvalue weighted by Crippen LogP contribution is 2.18. The second kappa shape index (κ2) is 7.37. The fraction of sp³-hybridized carbons (Fsp3) is 0.769. The molecule has 0 amide bonds. The van der Waals surface area contributed by atoms with Crippen LogP contribution in [0.25, 0.3) is 0 Å². The van der Waals surface area contributed by atoms with Crippen LogP contribution in [-0.2, 0) is 0 Å². The zero-order valence-electron chi connectivity index (χ0n) is 13.0. The number of anilines is 2. The molecule has 1 aliphatic heterocycles. The number of nitrogens with zero attached hydrogens (tertiary/aromatic N) is 5. The molecule has 1 fully saturated rings. The van der Waals surface area contributed by atoms with Crippen molar-refractivity contribution >= 4 is 11.9 Å². The molecule has 1 aromatic heterocycles. The average Bonchev–Trinajstić information content (AvgIpc) is 2.52. The Bertz CT molecular complexity index is 456. The molecule has 1 aromatic rings. The number of aromatic nitrogens is 3. The van der Waals surface area contributed by atoms with Gasteiger partial charge in [0.1, 0.15) is 0 Å². The van der Waals surface area contributed by atoms with E-state index in [4.69, 9.17) is 10.6 Å². The highest BCUT2D eigenvalue weighted by atomic mass is 16.5. The van der Waals surface area contributed by atoms with Gasteiger partial charge in [0.15, 0.2) is 0 Å². The van der Waals surface area contributed by atoms with Crippen molar-refractivity contribution in [3.63, 3.8) is 0 Å². The van der Waals surface area contributed by atoms with E-state index < -0.39 is 0 Å². The number of nitrogens with one attached hydrogen (secondary N) is 1. The minimum Gasteiger partial charge on any atom is -0.463 e. The van der Waals surface area contributed by atoms with Crippen LogP contribution in [0.2, 0.25) is 0 Å². The molecule has 2 rings (SSSR count). The van der Waals surface area contributed by atoms with E-state index in [2.05, 4.69) is 44.0 Å². The number of hydrazine groups is 1. The average molecular weight is 295 g/mol. The van der Waals surface area contributed by atoms with Gasteiger partial charge in [0.25, 0.3) is 0 Å². The van der Waals surface area contributed by atoms with Crippen LogP contribution < -0.4 is 20.9 Å². The Morgan fingerprint density at radius 3 is 2.71 bits per heavy atom.